The summed E-state index contributed by atoms with van der Waals surface area (Å²) < 4.78 is 0. The Labute approximate surface area is 152 Å². The largest absolute Gasteiger partial charge is 0.397 e. The second-order valence-corrected chi connectivity index (χ2v) is 7.17. The number of nitrogens with two attached hydrogens (primary N) is 1. The molecule has 26 heavy (non-hydrogen) atoms. The number of anilines is 3. The summed E-state index contributed by atoms with van der Waals surface area (Å²) in [7, 11) is 0. The van der Waals surface area contributed by atoms with Crippen LogP contribution >= 0.6 is 11.3 Å². The highest BCUT2D eigenvalue weighted by molar-refractivity contribution is 7.21. The van der Waals surface area contributed by atoms with Crippen LogP contribution in [0.15, 0.2) is 24.3 Å². The number of carbonyl (C=O) groups is 1. The summed E-state index contributed by atoms with van der Waals surface area (Å²) in [6, 6.07) is 7.56. The van der Waals surface area contributed by atoms with Crippen molar-refractivity contribution in [2.75, 3.05) is 16.5 Å². The minimum atomic E-state index is -0.0998. The molecule has 0 atom stereocenters. The average Bonchev–Trinajstić information content (AvgIpc) is 3.36. The van der Waals surface area contributed by atoms with Gasteiger partial charge in [0.15, 0.2) is 5.78 Å². The molecule has 0 saturated heterocycles. The van der Waals surface area contributed by atoms with E-state index >= 15 is 0 Å². The first kappa shape index (κ1) is 16.7. The molecule has 2 aromatic heterocycles. The van der Waals surface area contributed by atoms with E-state index in [0.29, 0.717) is 44.2 Å². The molecule has 5 N–H and O–H groups in total. The molecule has 8 nitrogen and oxygen atoms in total. The minimum absolute atomic E-state index is 0.0998. The average molecular weight is 371 g/mol. The van der Waals surface area contributed by atoms with Crippen molar-refractivity contribution in [3.63, 3.8) is 0 Å². The van der Waals surface area contributed by atoms with Crippen LogP contribution in [-0.4, -0.2) is 27.1 Å². The fraction of sp³-hybridized carbons (Fsp3) is 0.235. The van der Waals surface area contributed by atoms with Crippen LogP contribution < -0.4 is 16.5 Å². The fourth-order valence-electron chi connectivity index (χ4n) is 2.75. The fourth-order valence-corrected chi connectivity index (χ4v) is 3.74. The highest BCUT2D eigenvalue weighted by Crippen LogP contribution is 2.40. The Morgan fingerprint density at radius 3 is 2.88 bits per heavy atom. The van der Waals surface area contributed by atoms with Gasteiger partial charge >= 0.3 is 0 Å². The molecule has 9 heteroatoms. The van der Waals surface area contributed by atoms with Crippen LogP contribution in [0.1, 0.15) is 29.4 Å². The Bertz CT molecular complexity index is 999. The first-order valence-corrected chi connectivity index (χ1v) is 8.93. The number of hydrogen-bond donors (Lipinski definition) is 4. The summed E-state index contributed by atoms with van der Waals surface area (Å²) >= 11 is 1.27. The molecular formula is C17H17N5O3S. The number of benzene rings is 1. The zero-order chi connectivity index (χ0) is 18.3. The monoisotopic (exact) mass is 371 g/mol. The number of thiophene rings is 1. The summed E-state index contributed by atoms with van der Waals surface area (Å²) in [6.45, 7) is 1.49. The van der Waals surface area contributed by atoms with Crippen molar-refractivity contribution >= 4 is 44.7 Å². The van der Waals surface area contributed by atoms with Gasteiger partial charge in [-0.15, -0.1) is 16.3 Å². The lowest BCUT2D eigenvalue weighted by atomic mass is 10.1. The van der Waals surface area contributed by atoms with Gasteiger partial charge in [0, 0.05) is 18.5 Å². The van der Waals surface area contributed by atoms with Gasteiger partial charge in [0.25, 0.3) is 0 Å². The van der Waals surface area contributed by atoms with Gasteiger partial charge in [-0.1, -0.05) is 12.1 Å². The van der Waals surface area contributed by atoms with E-state index in [1.807, 2.05) is 6.07 Å². The van der Waals surface area contributed by atoms with Crippen LogP contribution in [-0.2, 0) is 4.99 Å². The molecule has 0 spiro atoms. The third-order valence-corrected chi connectivity index (χ3v) is 5.32. The molecule has 0 aliphatic heterocycles. The van der Waals surface area contributed by atoms with E-state index in [9.17, 15) is 4.79 Å². The second kappa shape index (κ2) is 6.52. The molecule has 1 saturated carbocycles. The van der Waals surface area contributed by atoms with Crippen LogP contribution in [0.25, 0.3) is 21.5 Å². The molecule has 1 aromatic carbocycles. The number of nitrogens with one attached hydrogen (secondary N) is 2. The first-order chi connectivity index (χ1) is 12.6. The standard InChI is InChI=1S/C17H17N5O3S/c1-8(23)15-13(18)12-14(9-3-2-4-11(7-9)22-25-24)20-17(19-10-5-6-10)21-16(12)26-15/h2-4,7,10,22,24H,5-6,18H2,1H3,(H,19,20,21). The lowest BCUT2D eigenvalue weighted by Gasteiger charge is -2.10. The molecule has 1 aliphatic rings. The summed E-state index contributed by atoms with van der Waals surface area (Å²) in [4.78, 5) is 26.2. The number of nitrogen functional groups attached to an aromatic ring is 1. The van der Waals surface area contributed by atoms with Gasteiger partial charge in [-0.3, -0.25) is 4.79 Å². The Morgan fingerprint density at radius 1 is 1.38 bits per heavy atom. The molecule has 134 valence electrons. The number of fused-ring (bicyclic) bond motifs is 1. The van der Waals surface area contributed by atoms with Crippen molar-refractivity contribution in [3.8, 4) is 11.3 Å². The maximum absolute atomic E-state index is 11.9. The van der Waals surface area contributed by atoms with Gasteiger partial charge in [0.1, 0.15) is 4.83 Å². The summed E-state index contributed by atoms with van der Waals surface area (Å²) in [5, 5.41) is 12.6. The smallest absolute Gasteiger partial charge is 0.224 e. The van der Waals surface area contributed by atoms with E-state index < -0.39 is 0 Å². The predicted octanol–water partition coefficient (Wildman–Crippen LogP) is 3.53. The molecule has 0 amide bonds. The van der Waals surface area contributed by atoms with Crippen molar-refractivity contribution < 1.29 is 15.0 Å². The van der Waals surface area contributed by atoms with Crippen molar-refractivity contribution in [1.29, 1.82) is 0 Å². The topological polar surface area (TPSA) is 122 Å². The Hall–Kier alpha value is -2.75. The molecular weight excluding hydrogens is 354 g/mol. The highest BCUT2D eigenvalue weighted by atomic mass is 32.1. The third kappa shape index (κ3) is 3.07. The maximum Gasteiger partial charge on any atom is 0.224 e. The quantitative estimate of drug-likeness (QED) is 0.295. The van der Waals surface area contributed by atoms with Crippen molar-refractivity contribution in [2.24, 2.45) is 0 Å². The zero-order valence-corrected chi connectivity index (χ0v) is 14.8. The first-order valence-electron chi connectivity index (χ1n) is 8.11. The molecule has 4 rings (SSSR count). The molecule has 3 aromatic rings. The van der Waals surface area contributed by atoms with E-state index in [1.54, 1.807) is 18.2 Å². The van der Waals surface area contributed by atoms with Crippen LogP contribution in [0.5, 0.6) is 0 Å². The van der Waals surface area contributed by atoms with Gasteiger partial charge in [-0.25, -0.2) is 20.7 Å². The van der Waals surface area contributed by atoms with Crippen molar-refractivity contribution in [2.45, 2.75) is 25.8 Å². The van der Waals surface area contributed by atoms with E-state index in [4.69, 9.17) is 11.0 Å². The van der Waals surface area contributed by atoms with Crippen LogP contribution in [0, 0.1) is 0 Å². The number of carbonyl (C=O) groups excluding carboxylic acids is 1. The van der Waals surface area contributed by atoms with Gasteiger partial charge in [0.2, 0.25) is 5.95 Å². The van der Waals surface area contributed by atoms with Crippen LogP contribution in [0.3, 0.4) is 0 Å². The molecule has 0 radical (unpaired) electrons. The minimum Gasteiger partial charge on any atom is -0.397 e. The number of rotatable bonds is 6. The lowest BCUT2D eigenvalue weighted by Crippen LogP contribution is -2.06. The van der Waals surface area contributed by atoms with E-state index in [0.717, 1.165) is 18.4 Å². The van der Waals surface area contributed by atoms with E-state index in [-0.39, 0.29) is 5.78 Å². The summed E-state index contributed by atoms with van der Waals surface area (Å²) in [5.74, 6) is 0.417. The SMILES string of the molecule is CC(=O)c1sc2nc(NC3CC3)nc(-c3cccc(NOO)c3)c2c1N. The molecule has 1 aliphatic carbocycles. The lowest BCUT2D eigenvalue weighted by molar-refractivity contribution is -0.215. The van der Waals surface area contributed by atoms with Crippen molar-refractivity contribution in [1.82, 2.24) is 9.97 Å². The Kier molecular flexibility index (Phi) is 4.19. The van der Waals surface area contributed by atoms with Gasteiger partial charge in [-0.2, -0.15) is 0 Å². The predicted molar refractivity (Wildman–Crippen MR) is 101 cm³/mol. The van der Waals surface area contributed by atoms with Crippen LogP contribution in [0.4, 0.5) is 17.3 Å². The van der Waals surface area contributed by atoms with Crippen LogP contribution in [0.2, 0.25) is 0 Å². The van der Waals surface area contributed by atoms with Gasteiger partial charge in [-0.05, 0) is 25.0 Å². The van der Waals surface area contributed by atoms with E-state index in [1.165, 1.54) is 18.3 Å². The molecule has 1 fully saturated rings. The Morgan fingerprint density at radius 2 is 2.19 bits per heavy atom. The summed E-state index contributed by atoms with van der Waals surface area (Å²) in [6.07, 6.45) is 2.19. The normalized spacial score (nSPS) is 13.8. The van der Waals surface area contributed by atoms with Gasteiger partial charge in [0.05, 0.1) is 27.3 Å². The second-order valence-electron chi connectivity index (χ2n) is 6.17. The van der Waals surface area contributed by atoms with Crippen molar-refractivity contribution in [3.05, 3.63) is 29.1 Å². The number of nitrogens with zero attached hydrogens (tertiary/aromatic N) is 2. The van der Waals surface area contributed by atoms with E-state index in [2.05, 4.69) is 25.8 Å². The summed E-state index contributed by atoms with van der Waals surface area (Å²) in [5.41, 5.74) is 11.0. The molecule has 0 bridgehead atoms. The third-order valence-electron chi connectivity index (χ3n) is 4.12. The number of Topliss-reactive ketones (excluding diaryl/α,β-unsaturated/α-hetero) is 1. The maximum atomic E-state index is 11.9. The number of ketones is 1. The molecule has 2 heterocycles. The number of hydrogen-bond acceptors (Lipinski definition) is 9. The molecule has 0 unspecified atom stereocenters. The van der Waals surface area contributed by atoms with Gasteiger partial charge < -0.3 is 11.1 Å². The zero-order valence-electron chi connectivity index (χ0n) is 13.9. The highest BCUT2D eigenvalue weighted by Gasteiger charge is 2.25. The number of aromatic nitrogens is 2. The Balaban J connectivity index is 1.92.